The molecule has 0 atom stereocenters. The van der Waals surface area contributed by atoms with Gasteiger partial charge in [0.05, 0.1) is 0 Å². The molecule has 2 aromatic carbocycles. The fourth-order valence-electron chi connectivity index (χ4n) is 4.81. The molecule has 2 aliphatic rings. The van der Waals surface area contributed by atoms with E-state index in [0.717, 1.165) is 62.2 Å². The molecule has 0 aromatic heterocycles. The van der Waals surface area contributed by atoms with Gasteiger partial charge in [0.15, 0.2) is 0 Å². The summed E-state index contributed by atoms with van der Waals surface area (Å²) in [6.07, 6.45) is 1.79. The molecule has 0 N–H and O–H groups in total. The summed E-state index contributed by atoms with van der Waals surface area (Å²) < 4.78 is 0. The Balaban J connectivity index is 0.00000241. The fraction of sp³-hybridized carbons (Fsp3) is 0.481. The minimum Gasteiger partial charge on any atom is -0.341 e. The van der Waals surface area contributed by atoms with Crippen molar-refractivity contribution >= 4 is 59.8 Å². The van der Waals surface area contributed by atoms with Gasteiger partial charge in [0.25, 0.3) is 0 Å². The second-order valence-electron chi connectivity index (χ2n) is 9.45. The van der Waals surface area contributed by atoms with E-state index in [1.54, 1.807) is 0 Å². The Morgan fingerprint density at radius 1 is 0.568 bits per heavy atom. The molecule has 0 radical (unpaired) electrons. The third-order valence-corrected chi connectivity index (χ3v) is 7.33. The van der Waals surface area contributed by atoms with Crippen molar-refractivity contribution in [3.63, 3.8) is 0 Å². The second-order valence-corrected chi connectivity index (χ2v) is 10.3. The lowest BCUT2D eigenvalue weighted by atomic mass is 10.2. The van der Waals surface area contributed by atoms with Gasteiger partial charge in [-0.3, -0.25) is 19.4 Å². The van der Waals surface area contributed by atoms with E-state index in [2.05, 4.69) is 9.80 Å². The van der Waals surface area contributed by atoms with Crippen LogP contribution in [0.1, 0.15) is 30.4 Å². The van der Waals surface area contributed by atoms with Crippen molar-refractivity contribution in [1.29, 1.82) is 0 Å². The number of carbonyl (C=O) groups excluding carboxylic acids is 2. The van der Waals surface area contributed by atoms with Crippen molar-refractivity contribution in [1.82, 2.24) is 19.6 Å². The Morgan fingerprint density at radius 3 is 1.32 bits per heavy atom. The zero-order valence-electron chi connectivity index (χ0n) is 21.0. The summed E-state index contributed by atoms with van der Waals surface area (Å²) in [6.45, 7) is 7.93. The van der Waals surface area contributed by atoms with Crippen LogP contribution in [0.4, 0.5) is 0 Å². The first-order chi connectivity index (χ1) is 17.0. The summed E-state index contributed by atoms with van der Waals surface area (Å²) in [5.74, 6) is -0.101. The van der Waals surface area contributed by atoms with Crippen LogP contribution in [0, 0.1) is 0 Å². The van der Waals surface area contributed by atoms with E-state index in [9.17, 15) is 9.59 Å². The molecule has 2 heterocycles. The molecule has 0 spiro atoms. The Hall–Kier alpha value is -1.54. The molecule has 4 rings (SSSR count). The van der Waals surface area contributed by atoms with Crippen LogP contribution in [0.25, 0.3) is 0 Å². The average Bonchev–Trinajstić information content (AvgIpc) is 3.23. The zero-order chi connectivity index (χ0) is 24.6. The maximum Gasteiger partial charge on any atom is 0.232 e. The Bertz CT molecular complexity index is 911. The van der Waals surface area contributed by atoms with Crippen LogP contribution in [0.2, 0.25) is 10.0 Å². The largest absolute Gasteiger partial charge is 0.341 e. The fourth-order valence-corrected chi connectivity index (χ4v) is 5.06. The summed E-state index contributed by atoms with van der Waals surface area (Å²) in [5, 5.41) is 1.48. The van der Waals surface area contributed by atoms with E-state index in [-0.39, 0.29) is 43.0 Å². The first-order valence-electron chi connectivity index (χ1n) is 12.5. The number of amides is 2. The number of rotatable bonds is 6. The molecular formula is C27H36Cl4N4O2. The van der Waals surface area contributed by atoms with E-state index < -0.39 is 0 Å². The van der Waals surface area contributed by atoms with Crippen LogP contribution in [0.15, 0.2) is 48.5 Å². The molecule has 2 aromatic rings. The van der Waals surface area contributed by atoms with Crippen molar-refractivity contribution in [2.24, 2.45) is 0 Å². The van der Waals surface area contributed by atoms with Gasteiger partial charge in [-0.1, -0.05) is 47.5 Å². The molecule has 2 amide bonds. The van der Waals surface area contributed by atoms with Crippen LogP contribution in [-0.4, -0.2) is 83.8 Å². The Labute approximate surface area is 242 Å². The number of nitrogens with zero attached hydrogens (tertiary/aromatic N) is 4. The minimum atomic E-state index is -0.0504. The van der Waals surface area contributed by atoms with Gasteiger partial charge in [0.1, 0.15) is 6.42 Å². The standard InChI is InChI=1S/C27H34Cl2N4O2.2ClH/c28-24-7-3-22(4-8-24)20-30-11-1-13-32(17-15-30)26(34)19-27(35)33-14-2-12-31(16-18-33)21-23-5-9-25(29)10-6-23;;/h3-10H,1-2,11-21H2;2*1H. The van der Waals surface area contributed by atoms with Crippen molar-refractivity contribution in [2.75, 3.05) is 52.4 Å². The first-order valence-corrected chi connectivity index (χ1v) is 13.2. The van der Waals surface area contributed by atoms with E-state index in [1.807, 2.05) is 58.3 Å². The van der Waals surface area contributed by atoms with E-state index >= 15 is 0 Å². The van der Waals surface area contributed by atoms with E-state index in [1.165, 1.54) is 11.1 Å². The predicted octanol–water partition coefficient (Wildman–Crippen LogP) is 5.00. The molecular weight excluding hydrogens is 554 g/mol. The molecule has 0 bridgehead atoms. The molecule has 0 saturated carbocycles. The zero-order valence-corrected chi connectivity index (χ0v) is 24.1. The number of halogens is 4. The third-order valence-electron chi connectivity index (χ3n) is 6.82. The quantitative estimate of drug-likeness (QED) is 0.445. The SMILES string of the molecule is Cl.Cl.O=C(CC(=O)N1CCCN(Cc2ccc(Cl)cc2)CC1)N1CCCN(Cc2ccc(Cl)cc2)CC1. The monoisotopic (exact) mass is 588 g/mol. The maximum absolute atomic E-state index is 12.9. The topological polar surface area (TPSA) is 47.1 Å². The normalized spacial score (nSPS) is 17.2. The van der Waals surface area contributed by atoms with Crippen LogP contribution in [-0.2, 0) is 22.7 Å². The van der Waals surface area contributed by atoms with Crippen LogP contribution in [0.5, 0.6) is 0 Å². The second kappa shape index (κ2) is 15.8. The average molecular weight is 590 g/mol. The summed E-state index contributed by atoms with van der Waals surface area (Å²) in [7, 11) is 0. The Morgan fingerprint density at radius 2 is 0.946 bits per heavy atom. The van der Waals surface area contributed by atoms with Crippen LogP contribution in [0.3, 0.4) is 0 Å². The highest BCUT2D eigenvalue weighted by atomic mass is 35.5. The molecule has 10 heteroatoms. The number of benzene rings is 2. The molecule has 2 fully saturated rings. The van der Waals surface area contributed by atoms with Gasteiger partial charge >= 0.3 is 0 Å². The molecule has 0 unspecified atom stereocenters. The summed E-state index contributed by atoms with van der Waals surface area (Å²) >= 11 is 12.0. The highest BCUT2D eigenvalue weighted by Gasteiger charge is 2.25. The minimum absolute atomic E-state index is 0. The molecule has 6 nitrogen and oxygen atoms in total. The maximum atomic E-state index is 12.9. The van der Waals surface area contributed by atoms with Crippen molar-refractivity contribution in [3.05, 3.63) is 69.7 Å². The van der Waals surface area contributed by atoms with Gasteiger partial charge in [-0.05, 0) is 48.2 Å². The van der Waals surface area contributed by atoms with Crippen molar-refractivity contribution in [3.8, 4) is 0 Å². The molecule has 37 heavy (non-hydrogen) atoms. The predicted molar refractivity (Wildman–Crippen MR) is 155 cm³/mol. The molecule has 2 saturated heterocycles. The third kappa shape index (κ3) is 9.93. The molecule has 0 aliphatic carbocycles. The summed E-state index contributed by atoms with van der Waals surface area (Å²) in [6, 6.07) is 15.8. The lowest BCUT2D eigenvalue weighted by molar-refractivity contribution is -0.140. The highest BCUT2D eigenvalue weighted by Crippen LogP contribution is 2.15. The van der Waals surface area contributed by atoms with Gasteiger partial charge in [0, 0.05) is 75.5 Å². The number of hydrogen-bond donors (Lipinski definition) is 0. The lowest BCUT2D eigenvalue weighted by Crippen LogP contribution is -2.41. The molecule has 2 aliphatic heterocycles. The van der Waals surface area contributed by atoms with Gasteiger partial charge in [0.2, 0.25) is 11.8 Å². The smallest absolute Gasteiger partial charge is 0.232 e. The highest BCUT2D eigenvalue weighted by molar-refractivity contribution is 6.30. The van der Waals surface area contributed by atoms with Crippen molar-refractivity contribution in [2.45, 2.75) is 32.4 Å². The van der Waals surface area contributed by atoms with E-state index in [4.69, 9.17) is 23.2 Å². The lowest BCUT2D eigenvalue weighted by Gasteiger charge is -2.25. The van der Waals surface area contributed by atoms with Gasteiger partial charge in [-0.2, -0.15) is 0 Å². The summed E-state index contributed by atoms with van der Waals surface area (Å²) in [5.41, 5.74) is 2.44. The first kappa shape index (κ1) is 31.7. The van der Waals surface area contributed by atoms with E-state index in [0.29, 0.717) is 26.2 Å². The molecule has 204 valence electrons. The summed E-state index contributed by atoms with van der Waals surface area (Å²) in [4.78, 5) is 34.4. The van der Waals surface area contributed by atoms with Gasteiger partial charge in [-0.15, -0.1) is 24.8 Å². The van der Waals surface area contributed by atoms with Gasteiger partial charge < -0.3 is 9.80 Å². The number of hydrogen-bond acceptors (Lipinski definition) is 4. The Kier molecular flexibility index (Phi) is 13.5. The van der Waals surface area contributed by atoms with Gasteiger partial charge in [-0.25, -0.2) is 0 Å². The van der Waals surface area contributed by atoms with Crippen LogP contribution < -0.4 is 0 Å². The van der Waals surface area contributed by atoms with Crippen LogP contribution >= 0.6 is 48.0 Å². The van der Waals surface area contributed by atoms with Crippen molar-refractivity contribution < 1.29 is 9.59 Å². The number of carbonyl (C=O) groups is 2.